The molecule has 1 heterocycles. The van der Waals surface area contributed by atoms with E-state index in [-0.39, 0.29) is 0 Å². The minimum Gasteiger partial charge on any atom is -0.314 e. The minimum atomic E-state index is -3.03. The van der Waals surface area contributed by atoms with Gasteiger partial charge in [0.1, 0.15) is 0 Å². The summed E-state index contributed by atoms with van der Waals surface area (Å²) in [6.45, 7) is 4.40. The zero-order chi connectivity index (χ0) is 9.73. The van der Waals surface area contributed by atoms with E-state index in [4.69, 9.17) is 0 Å². The van der Waals surface area contributed by atoms with E-state index in [0.29, 0.717) is 13.1 Å². The van der Waals surface area contributed by atoms with Crippen molar-refractivity contribution in [3.05, 3.63) is 0 Å². The summed E-state index contributed by atoms with van der Waals surface area (Å²) in [7, 11) is -3.03. The Labute approximate surface area is 79.5 Å². The van der Waals surface area contributed by atoms with Crippen molar-refractivity contribution < 1.29 is 8.42 Å². The molecule has 0 bridgehead atoms. The van der Waals surface area contributed by atoms with Crippen LogP contribution in [-0.4, -0.2) is 58.2 Å². The van der Waals surface area contributed by atoms with Crippen molar-refractivity contribution in [1.82, 2.24) is 14.9 Å². The third-order valence-corrected chi connectivity index (χ3v) is 3.33. The van der Waals surface area contributed by atoms with Gasteiger partial charge in [0.25, 0.3) is 0 Å². The highest BCUT2D eigenvalue weighted by Crippen LogP contribution is 1.95. The second-order valence-electron chi connectivity index (χ2n) is 3.16. The standard InChI is InChI=1S/C7H17N3O2S/c1-13(11,12)10-6-4-8-2-3-9-5-7-10/h8-9H,2-7H2,1H3. The molecule has 0 aromatic heterocycles. The quantitative estimate of drug-likeness (QED) is 0.546. The predicted octanol–water partition coefficient (Wildman–Crippen LogP) is -1.56. The van der Waals surface area contributed by atoms with Gasteiger partial charge in [-0.25, -0.2) is 8.42 Å². The van der Waals surface area contributed by atoms with Gasteiger partial charge in [0.05, 0.1) is 6.26 Å². The summed E-state index contributed by atoms with van der Waals surface area (Å²) >= 11 is 0. The summed E-state index contributed by atoms with van der Waals surface area (Å²) in [5.41, 5.74) is 0. The van der Waals surface area contributed by atoms with E-state index in [1.807, 2.05) is 0 Å². The molecule has 78 valence electrons. The summed E-state index contributed by atoms with van der Waals surface area (Å²) in [4.78, 5) is 0. The monoisotopic (exact) mass is 207 g/mol. The van der Waals surface area contributed by atoms with Crippen LogP contribution in [0.3, 0.4) is 0 Å². The molecule has 1 saturated heterocycles. The van der Waals surface area contributed by atoms with Crippen LogP contribution < -0.4 is 10.6 Å². The van der Waals surface area contributed by atoms with Crippen LogP contribution in [0, 0.1) is 0 Å². The molecule has 0 amide bonds. The van der Waals surface area contributed by atoms with Crippen LogP contribution in [0.25, 0.3) is 0 Å². The van der Waals surface area contributed by atoms with Crippen molar-refractivity contribution in [3.63, 3.8) is 0 Å². The number of hydrogen-bond acceptors (Lipinski definition) is 4. The molecule has 0 atom stereocenters. The molecule has 1 aliphatic rings. The summed E-state index contributed by atoms with van der Waals surface area (Å²) in [5, 5.41) is 6.32. The summed E-state index contributed by atoms with van der Waals surface area (Å²) in [5.74, 6) is 0. The van der Waals surface area contributed by atoms with E-state index < -0.39 is 10.0 Å². The maximum atomic E-state index is 11.2. The normalized spacial score (nSPS) is 23.2. The van der Waals surface area contributed by atoms with E-state index >= 15 is 0 Å². The first kappa shape index (κ1) is 10.9. The Bertz CT molecular complexity index is 230. The smallest absolute Gasteiger partial charge is 0.211 e. The highest BCUT2D eigenvalue weighted by molar-refractivity contribution is 7.88. The number of sulfonamides is 1. The van der Waals surface area contributed by atoms with Crippen molar-refractivity contribution in [3.8, 4) is 0 Å². The van der Waals surface area contributed by atoms with Gasteiger partial charge >= 0.3 is 0 Å². The average molecular weight is 207 g/mol. The van der Waals surface area contributed by atoms with Crippen molar-refractivity contribution >= 4 is 10.0 Å². The second-order valence-corrected chi connectivity index (χ2v) is 5.14. The predicted molar refractivity (Wildman–Crippen MR) is 52.2 cm³/mol. The highest BCUT2D eigenvalue weighted by atomic mass is 32.2. The van der Waals surface area contributed by atoms with Crippen molar-refractivity contribution in [2.24, 2.45) is 0 Å². The Morgan fingerprint density at radius 1 is 1.00 bits per heavy atom. The Kier molecular flexibility index (Phi) is 4.11. The molecule has 0 aromatic carbocycles. The van der Waals surface area contributed by atoms with E-state index in [2.05, 4.69) is 10.6 Å². The molecular formula is C7H17N3O2S. The Morgan fingerprint density at radius 3 is 1.85 bits per heavy atom. The first-order chi connectivity index (χ1) is 6.11. The van der Waals surface area contributed by atoms with Gasteiger partial charge in [0.15, 0.2) is 0 Å². The fraction of sp³-hybridized carbons (Fsp3) is 1.00. The zero-order valence-corrected chi connectivity index (χ0v) is 8.73. The lowest BCUT2D eigenvalue weighted by Gasteiger charge is -2.18. The van der Waals surface area contributed by atoms with Crippen LogP contribution in [0.15, 0.2) is 0 Å². The highest BCUT2D eigenvalue weighted by Gasteiger charge is 2.15. The van der Waals surface area contributed by atoms with Crippen LogP contribution in [0.4, 0.5) is 0 Å². The summed E-state index contributed by atoms with van der Waals surface area (Å²) in [6.07, 6.45) is 1.25. The number of nitrogens with zero attached hydrogens (tertiary/aromatic N) is 1. The van der Waals surface area contributed by atoms with Crippen molar-refractivity contribution in [2.45, 2.75) is 0 Å². The van der Waals surface area contributed by atoms with Crippen LogP contribution >= 0.6 is 0 Å². The number of rotatable bonds is 1. The van der Waals surface area contributed by atoms with E-state index in [1.54, 1.807) is 0 Å². The number of hydrogen-bond donors (Lipinski definition) is 2. The Morgan fingerprint density at radius 2 is 1.46 bits per heavy atom. The van der Waals surface area contributed by atoms with E-state index in [1.165, 1.54) is 10.6 Å². The fourth-order valence-electron chi connectivity index (χ4n) is 1.28. The zero-order valence-electron chi connectivity index (χ0n) is 7.91. The second kappa shape index (κ2) is 4.90. The molecule has 13 heavy (non-hydrogen) atoms. The van der Waals surface area contributed by atoms with E-state index in [0.717, 1.165) is 26.2 Å². The lowest BCUT2D eigenvalue weighted by Crippen LogP contribution is -2.38. The third kappa shape index (κ3) is 4.04. The van der Waals surface area contributed by atoms with Gasteiger partial charge in [0, 0.05) is 39.3 Å². The molecule has 0 unspecified atom stereocenters. The SMILES string of the molecule is CS(=O)(=O)N1CCNCCNCC1. The molecule has 5 nitrogen and oxygen atoms in total. The van der Waals surface area contributed by atoms with Gasteiger partial charge in [-0.1, -0.05) is 0 Å². The first-order valence-electron chi connectivity index (χ1n) is 4.47. The van der Waals surface area contributed by atoms with Crippen LogP contribution in [-0.2, 0) is 10.0 Å². The fourth-order valence-corrected chi connectivity index (χ4v) is 2.12. The maximum Gasteiger partial charge on any atom is 0.211 e. The van der Waals surface area contributed by atoms with Crippen molar-refractivity contribution in [2.75, 3.05) is 45.5 Å². The Hall–Kier alpha value is -0.170. The summed E-state index contributed by atoms with van der Waals surface area (Å²) < 4.78 is 24.0. The first-order valence-corrected chi connectivity index (χ1v) is 6.32. The topological polar surface area (TPSA) is 61.4 Å². The maximum absolute atomic E-state index is 11.2. The lowest BCUT2D eigenvalue weighted by atomic mass is 10.5. The van der Waals surface area contributed by atoms with Crippen molar-refractivity contribution in [1.29, 1.82) is 0 Å². The number of nitrogens with one attached hydrogen (secondary N) is 2. The van der Waals surface area contributed by atoms with Gasteiger partial charge in [-0.3, -0.25) is 0 Å². The van der Waals surface area contributed by atoms with Crippen LogP contribution in [0.2, 0.25) is 0 Å². The molecule has 0 saturated carbocycles. The molecular weight excluding hydrogens is 190 g/mol. The summed E-state index contributed by atoms with van der Waals surface area (Å²) in [6, 6.07) is 0. The van der Waals surface area contributed by atoms with Gasteiger partial charge in [-0.05, 0) is 0 Å². The van der Waals surface area contributed by atoms with Gasteiger partial charge < -0.3 is 10.6 Å². The molecule has 6 heteroatoms. The largest absolute Gasteiger partial charge is 0.314 e. The van der Waals surface area contributed by atoms with E-state index in [9.17, 15) is 8.42 Å². The van der Waals surface area contributed by atoms with Crippen LogP contribution in [0.1, 0.15) is 0 Å². The molecule has 0 radical (unpaired) electrons. The Balaban J connectivity index is 2.51. The van der Waals surface area contributed by atoms with Gasteiger partial charge in [-0.2, -0.15) is 4.31 Å². The molecule has 2 N–H and O–H groups in total. The van der Waals surface area contributed by atoms with Gasteiger partial charge in [0.2, 0.25) is 10.0 Å². The molecule has 1 aliphatic heterocycles. The molecule has 0 aliphatic carbocycles. The molecule has 1 rings (SSSR count). The third-order valence-electron chi connectivity index (χ3n) is 2.02. The minimum absolute atomic E-state index is 0.570. The molecule has 0 aromatic rings. The molecule has 1 fully saturated rings. The average Bonchev–Trinajstić information content (AvgIpc) is 2.14. The lowest BCUT2D eigenvalue weighted by molar-refractivity contribution is 0.418. The van der Waals surface area contributed by atoms with Crippen LogP contribution in [0.5, 0.6) is 0 Å². The van der Waals surface area contributed by atoms with Gasteiger partial charge in [-0.15, -0.1) is 0 Å². The molecule has 0 spiro atoms.